The van der Waals surface area contributed by atoms with E-state index in [1.165, 1.54) is 0 Å². The molecule has 21 heavy (non-hydrogen) atoms. The van der Waals surface area contributed by atoms with E-state index in [0.29, 0.717) is 25.0 Å². The Morgan fingerprint density at radius 2 is 2.14 bits per heavy atom. The van der Waals surface area contributed by atoms with Gasteiger partial charge in [0.15, 0.2) is 11.5 Å². The van der Waals surface area contributed by atoms with Crippen LogP contribution in [0.4, 0.5) is 0 Å². The maximum Gasteiger partial charge on any atom is 0.174 e. The molecule has 0 amide bonds. The molecule has 0 aromatic carbocycles. The van der Waals surface area contributed by atoms with Crippen LogP contribution in [-0.2, 0) is 13.2 Å². The number of rotatable bonds is 6. The Morgan fingerprint density at radius 3 is 2.76 bits per heavy atom. The van der Waals surface area contributed by atoms with Crippen molar-refractivity contribution in [1.29, 1.82) is 0 Å². The summed E-state index contributed by atoms with van der Waals surface area (Å²) in [6.07, 6.45) is 3.58. The molecule has 0 fully saturated rings. The summed E-state index contributed by atoms with van der Waals surface area (Å²) in [6.45, 7) is 11.5. The third-order valence-corrected chi connectivity index (χ3v) is 2.90. The van der Waals surface area contributed by atoms with E-state index in [1.807, 2.05) is 16.9 Å². The van der Waals surface area contributed by atoms with Crippen molar-refractivity contribution in [2.24, 2.45) is 0 Å². The van der Waals surface area contributed by atoms with Crippen LogP contribution in [0.3, 0.4) is 0 Å². The van der Waals surface area contributed by atoms with Gasteiger partial charge in [-0.25, -0.2) is 0 Å². The van der Waals surface area contributed by atoms with Gasteiger partial charge in [0.1, 0.15) is 6.61 Å². The number of hydrogen-bond donors (Lipinski definition) is 1. The van der Waals surface area contributed by atoms with Gasteiger partial charge < -0.3 is 14.6 Å². The van der Waals surface area contributed by atoms with Crippen molar-refractivity contribution in [2.75, 3.05) is 0 Å². The molecule has 0 atom stereocenters. The summed E-state index contributed by atoms with van der Waals surface area (Å²) in [5, 5.41) is 11.6. The van der Waals surface area contributed by atoms with Crippen molar-refractivity contribution in [3.63, 3.8) is 0 Å². The lowest BCUT2D eigenvalue weighted by atomic mass is 10.1. The second kappa shape index (κ2) is 6.30. The summed E-state index contributed by atoms with van der Waals surface area (Å²) in [6, 6.07) is 2.23. The zero-order valence-corrected chi connectivity index (χ0v) is 13.4. The first kappa shape index (κ1) is 15.6. The number of nitrogens with zero attached hydrogens (tertiary/aromatic N) is 3. The molecule has 0 aliphatic heterocycles. The molecule has 2 aromatic rings. The fraction of sp³-hybridized carbons (Fsp3) is 0.600. The lowest BCUT2D eigenvalue weighted by Gasteiger charge is -2.19. The third-order valence-electron chi connectivity index (χ3n) is 2.90. The minimum absolute atomic E-state index is 0.0566. The Morgan fingerprint density at radius 1 is 1.38 bits per heavy atom. The highest BCUT2D eigenvalue weighted by Gasteiger charge is 2.11. The summed E-state index contributed by atoms with van der Waals surface area (Å²) < 4.78 is 12.8. The van der Waals surface area contributed by atoms with Gasteiger partial charge in [0, 0.05) is 24.2 Å². The first-order valence-electron chi connectivity index (χ1n) is 7.20. The highest BCUT2D eigenvalue weighted by atomic mass is 16.5. The monoisotopic (exact) mass is 292 g/mol. The van der Waals surface area contributed by atoms with Gasteiger partial charge in [-0.1, -0.05) is 5.16 Å². The van der Waals surface area contributed by atoms with E-state index < -0.39 is 0 Å². The molecule has 0 radical (unpaired) electrons. The summed E-state index contributed by atoms with van der Waals surface area (Å²) >= 11 is 0. The van der Waals surface area contributed by atoms with Gasteiger partial charge in [-0.15, -0.1) is 0 Å². The minimum atomic E-state index is 0.0566. The van der Waals surface area contributed by atoms with Crippen LogP contribution in [0.1, 0.15) is 52.1 Å². The Labute approximate surface area is 125 Å². The van der Waals surface area contributed by atoms with E-state index in [2.05, 4.69) is 50.2 Å². The molecule has 6 nitrogen and oxygen atoms in total. The van der Waals surface area contributed by atoms with Crippen LogP contribution in [-0.4, -0.2) is 20.5 Å². The van der Waals surface area contributed by atoms with Gasteiger partial charge in [0.05, 0.1) is 18.1 Å². The van der Waals surface area contributed by atoms with Crippen molar-refractivity contribution in [2.45, 2.75) is 59.4 Å². The van der Waals surface area contributed by atoms with E-state index in [9.17, 15) is 0 Å². The van der Waals surface area contributed by atoms with Crippen LogP contribution >= 0.6 is 0 Å². The lowest BCUT2D eigenvalue weighted by molar-refractivity contribution is 0.247. The van der Waals surface area contributed by atoms with E-state index in [-0.39, 0.29) is 5.54 Å². The van der Waals surface area contributed by atoms with E-state index in [4.69, 9.17) is 9.26 Å². The predicted octanol–water partition coefficient (Wildman–Crippen LogP) is 2.92. The molecule has 2 heterocycles. The standard InChI is InChI=1S/C15H24N4O2/c1-11(2)19-9-14(8-17-19)20-10-13-6-12(18-21-13)7-16-15(3,4)5/h6,8-9,11,16H,7,10H2,1-5H3. The van der Waals surface area contributed by atoms with Crippen molar-refractivity contribution in [1.82, 2.24) is 20.3 Å². The topological polar surface area (TPSA) is 65.1 Å². The van der Waals surface area contributed by atoms with Crippen LogP contribution in [0.5, 0.6) is 5.75 Å². The second-order valence-electron chi connectivity index (χ2n) is 6.43. The van der Waals surface area contributed by atoms with Crippen LogP contribution in [0.15, 0.2) is 23.0 Å². The van der Waals surface area contributed by atoms with Gasteiger partial charge in [0.2, 0.25) is 0 Å². The predicted molar refractivity (Wildman–Crippen MR) is 80.0 cm³/mol. The second-order valence-corrected chi connectivity index (χ2v) is 6.43. The summed E-state index contributed by atoms with van der Waals surface area (Å²) in [5.41, 5.74) is 0.933. The van der Waals surface area contributed by atoms with Gasteiger partial charge >= 0.3 is 0 Å². The van der Waals surface area contributed by atoms with Crippen molar-refractivity contribution in [3.8, 4) is 5.75 Å². The average Bonchev–Trinajstić information content (AvgIpc) is 3.02. The first-order chi connectivity index (χ1) is 9.83. The van der Waals surface area contributed by atoms with Crippen molar-refractivity contribution < 1.29 is 9.26 Å². The highest BCUT2D eigenvalue weighted by Crippen LogP contribution is 2.15. The number of aromatic nitrogens is 3. The Kier molecular flexibility index (Phi) is 4.67. The number of hydrogen-bond acceptors (Lipinski definition) is 5. The molecular formula is C15H24N4O2. The maximum absolute atomic E-state index is 5.64. The molecule has 0 saturated carbocycles. The van der Waals surface area contributed by atoms with Gasteiger partial charge in [-0.05, 0) is 34.6 Å². The lowest BCUT2D eigenvalue weighted by Crippen LogP contribution is -2.35. The summed E-state index contributed by atoms with van der Waals surface area (Å²) in [4.78, 5) is 0. The molecule has 0 aliphatic rings. The fourth-order valence-corrected chi connectivity index (χ4v) is 1.69. The normalized spacial score (nSPS) is 12.1. The van der Waals surface area contributed by atoms with E-state index in [1.54, 1.807) is 6.20 Å². The smallest absolute Gasteiger partial charge is 0.174 e. The Bertz CT molecular complexity index is 566. The van der Waals surface area contributed by atoms with Gasteiger partial charge in [-0.2, -0.15) is 5.10 Å². The molecule has 0 aliphatic carbocycles. The number of ether oxygens (including phenoxy) is 1. The summed E-state index contributed by atoms with van der Waals surface area (Å²) in [7, 11) is 0. The minimum Gasteiger partial charge on any atom is -0.482 e. The summed E-state index contributed by atoms with van der Waals surface area (Å²) in [5.74, 6) is 1.44. The van der Waals surface area contributed by atoms with Crippen LogP contribution < -0.4 is 10.1 Å². The molecule has 0 unspecified atom stereocenters. The first-order valence-corrected chi connectivity index (χ1v) is 7.20. The molecule has 0 bridgehead atoms. The van der Waals surface area contributed by atoms with Gasteiger partial charge in [-0.3, -0.25) is 4.68 Å². The Balaban J connectivity index is 1.84. The third kappa shape index (κ3) is 4.90. The van der Waals surface area contributed by atoms with E-state index in [0.717, 1.165) is 11.4 Å². The van der Waals surface area contributed by atoms with Crippen LogP contribution in [0.2, 0.25) is 0 Å². The molecular weight excluding hydrogens is 268 g/mol. The van der Waals surface area contributed by atoms with Crippen molar-refractivity contribution >= 4 is 0 Å². The molecule has 0 saturated heterocycles. The largest absolute Gasteiger partial charge is 0.482 e. The molecule has 116 valence electrons. The van der Waals surface area contributed by atoms with Gasteiger partial charge in [0.25, 0.3) is 0 Å². The number of nitrogens with one attached hydrogen (secondary N) is 1. The molecule has 2 aromatic heterocycles. The zero-order valence-electron chi connectivity index (χ0n) is 13.4. The molecule has 2 rings (SSSR count). The van der Waals surface area contributed by atoms with E-state index >= 15 is 0 Å². The maximum atomic E-state index is 5.64. The zero-order chi connectivity index (χ0) is 15.5. The fourth-order valence-electron chi connectivity index (χ4n) is 1.69. The average molecular weight is 292 g/mol. The van der Waals surface area contributed by atoms with Crippen LogP contribution in [0.25, 0.3) is 0 Å². The molecule has 1 N–H and O–H groups in total. The van der Waals surface area contributed by atoms with Crippen LogP contribution in [0, 0.1) is 0 Å². The molecule has 6 heteroatoms. The van der Waals surface area contributed by atoms with Crippen molar-refractivity contribution in [3.05, 3.63) is 29.9 Å². The quantitative estimate of drug-likeness (QED) is 0.886. The highest BCUT2D eigenvalue weighted by molar-refractivity contribution is 5.13. The SMILES string of the molecule is CC(C)n1cc(OCc2cc(CNC(C)(C)C)no2)cn1. The Hall–Kier alpha value is -1.82. The molecule has 0 spiro atoms.